The molecule has 0 bridgehead atoms. The van der Waals surface area contributed by atoms with Crippen molar-refractivity contribution in [3.05, 3.63) is 34.7 Å². The van der Waals surface area contributed by atoms with Crippen LogP contribution in [0.3, 0.4) is 0 Å². The van der Waals surface area contributed by atoms with Gasteiger partial charge in [-0.15, -0.1) is 0 Å². The third kappa shape index (κ3) is 3.55. The van der Waals surface area contributed by atoms with Gasteiger partial charge in [0.2, 0.25) is 0 Å². The second-order valence-corrected chi connectivity index (χ2v) is 5.88. The molecule has 2 N–H and O–H groups in total. The number of nitrogens with one attached hydrogen (secondary N) is 2. The van der Waals surface area contributed by atoms with E-state index >= 15 is 0 Å². The van der Waals surface area contributed by atoms with Crippen molar-refractivity contribution in [2.75, 3.05) is 7.05 Å². The Morgan fingerprint density at radius 3 is 2.83 bits per heavy atom. The number of aromatic nitrogens is 3. The Morgan fingerprint density at radius 2 is 2.13 bits per heavy atom. The molecule has 0 radical (unpaired) electrons. The van der Waals surface area contributed by atoms with Crippen molar-refractivity contribution in [1.29, 1.82) is 0 Å². The van der Waals surface area contributed by atoms with Crippen molar-refractivity contribution in [3.63, 3.8) is 0 Å². The number of hydrogen-bond acceptors (Lipinski definition) is 4. The Morgan fingerprint density at radius 1 is 1.30 bits per heavy atom. The number of guanidine groups is 1. The third-order valence-corrected chi connectivity index (χ3v) is 4.23. The van der Waals surface area contributed by atoms with Gasteiger partial charge in [-0.25, -0.2) is 4.98 Å². The molecule has 0 saturated heterocycles. The van der Waals surface area contributed by atoms with Crippen LogP contribution < -0.4 is 10.6 Å². The van der Waals surface area contributed by atoms with Crippen molar-refractivity contribution in [2.24, 2.45) is 4.99 Å². The molecule has 1 aliphatic heterocycles. The topological polar surface area (TPSA) is 80.3 Å². The maximum absolute atomic E-state index is 5.17. The summed E-state index contributed by atoms with van der Waals surface area (Å²) in [6.07, 6.45) is 5.71. The lowest BCUT2D eigenvalue weighted by Crippen LogP contribution is -2.36. The zero-order valence-corrected chi connectivity index (χ0v) is 14.0. The van der Waals surface area contributed by atoms with Crippen molar-refractivity contribution in [1.82, 2.24) is 25.3 Å². The van der Waals surface area contributed by atoms with E-state index in [9.17, 15) is 0 Å². The molecule has 1 aliphatic rings. The van der Waals surface area contributed by atoms with Crippen LogP contribution in [0.2, 0.25) is 0 Å². The summed E-state index contributed by atoms with van der Waals surface area (Å²) in [6.45, 7) is 6.26. The Kier molecular flexibility index (Phi) is 4.64. The molecule has 0 unspecified atom stereocenters. The monoisotopic (exact) mass is 316 g/mol. The van der Waals surface area contributed by atoms with E-state index in [0.717, 1.165) is 41.6 Å². The average Bonchev–Trinajstić information content (AvgIpc) is 3.11. The molecule has 3 rings (SSSR count). The summed E-state index contributed by atoms with van der Waals surface area (Å²) in [7, 11) is 1.76. The van der Waals surface area contributed by atoms with Gasteiger partial charge in [0.05, 0.1) is 17.9 Å². The summed E-state index contributed by atoms with van der Waals surface area (Å²) in [5.74, 6) is 2.79. The fourth-order valence-corrected chi connectivity index (χ4v) is 2.88. The van der Waals surface area contributed by atoms with Crippen molar-refractivity contribution in [3.8, 4) is 0 Å². The number of hydrogen-bond donors (Lipinski definition) is 2. The molecule has 124 valence electrons. The highest BCUT2D eigenvalue weighted by Crippen LogP contribution is 2.14. The van der Waals surface area contributed by atoms with Gasteiger partial charge in [0.1, 0.15) is 11.6 Å². The summed E-state index contributed by atoms with van der Waals surface area (Å²) in [5, 5.41) is 10.6. The fraction of sp³-hybridized carbons (Fsp3) is 0.562. The number of imidazole rings is 1. The van der Waals surface area contributed by atoms with Crippen LogP contribution in [0.4, 0.5) is 0 Å². The minimum absolute atomic E-state index is 0.639. The Labute approximate surface area is 136 Å². The van der Waals surface area contributed by atoms with Gasteiger partial charge in [0.15, 0.2) is 5.96 Å². The number of aryl methyl sites for hydroxylation is 4. The molecular weight excluding hydrogens is 292 g/mol. The van der Waals surface area contributed by atoms with Crippen molar-refractivity contribution < 1.29 is 4.52 Å². The molecule has 7 nitrogen and oxygen atoms in total. The Balaban J connectivity index is 1.55. The van der Waals surface area contributed by atoms with Gasteiger partial charge in [-0.1, -0.05) is 5.16 Å². The van der Waals surface area contributed by atoms with Gasteiger partial charge >= 0.3 is 0 Å². The van der Waals surface area contributed by atoms with E-state index in [4.69, 9.17) is 4.52 Å². The van der Waals surface area contributed by atoms with Gasteiger partial charge in [0, 0.05) is 38.3 Å². The molecule has 0 saturated carbocycles. The Bertz CT molecular complexity index is 656. The second-order valence-electron chi connectivity index (χ2n) is 5.88. The predicted molar refractivity (Wildman–Crippen MR) is 88.2 cm³/mol. The van der Waals surface area contributed by atoms with E-state index < -0.39 is 0 Å². The van der Waals surface area contributed by atoms with Crippen LogP contribution in [0, 0.1) is 13.8 Å². The van der Waals surface area contributed by atoms with E-state index in [1.807, 2.05) is 13.8 Å². The van der Waals surface area contributed by atoms with Crippen molar-refractivity contribution in [2.45, 2.75) is 52.7 Å². The SMILES string of the molecule is CN=C(NCc1cn2c(n1)CCCC2)NCc1c(C)noc1C. The first-order valence-electron chi connectivity index (χ1n) is 8.08. The highest BCUT2D eigenvalue weighted by molar-refractivity contribution is 5.79. The van der Waals surface area contributed by atoms with E-state index in [0.29, 0.717) is 13.1 Å². The third-order valence-electron chi connectivity index (χ3n) is 4.23. The van der Waals surface area contributed by atoms with Crippen LogP contribution in [-0.4, -0.2) is 27.7 Å². The molecule has 0 spiro atoms. The molecule has 2 aromatic rings. The van der Waals surface area contributed by atoms with E-state index in [1.54, 1.807) is 7.05 Å². The first-order chi connectivity index (χ1) is 11.2. The lowest BCUT2D eigenvalue weighted by molar-refractivity contribution is 0.392. The first-order valence-corrected chi connectivity index (χ1v) is 8.08. The molecule has 23 heavy (non-hydrogen) atoms. The Hall–Kier alpha value is -2.31. The number of nitrogens with zero attached hydrogens (tertiary/aromatic N) is 4. The van der Waals surface area contributed by atoms with Crippen LogP contribution in [0.1, 0.15) is 41.4 Å². The smallest absolute Gasteiger partial charge is 0.191 e. The molecule has 0 aliphatic carbocycles. The summed E-state index contributed by atoms with van der Waals surface area (Å²) in [6, 6.07) is 0. The normalized spacial score (nSPS) is 14.7. The van der Waals surface area contributed by atoms with Crippen LogP contribution in [0.25, 0.3) is 0 Å². The number of aliphatic imine (C=N–C) groups is 1. The first kappa shape index (κ1) is 15.6. The summed E-state index contributed by atoms with van der Waals surface area (Å²) >= 11 is 0. The second kappa shape index (κ2) is 6.85. The molecule has 7 heteroatoms. The van der Waals surface area contributed by atoms with E-state index in [1.165, 1.54) is 18.7 Å². The number of rotatable bonds is 4. The molecule has 0 amide bonds. The van der Waals surface area contributed by atoms with E-state index in [-0.39, 0.29) is 0 Å². The van der Waals surface area contributed by atoms with Crippen LogP contribution in [-0.2, 0) is 26.1 Å². The number of fused-ring (bicyclic) bond motifs is 1. The van der Waals surface area contributed by atoms with Gasteiger partial charge in [-0.3, -0.25) is 4.99 Å². The summed E-state index contributed by atoms with van der Waals surface area (Å²) in [4.78, 5) is 8.94. The average molecular weight is 316 g/mol. The quantitative estimate of drug-likeness (QED) is 0.663. The highest BCUT2D eigenvalue weighted by Gasteiger charge is 2.13. The maximum Gasteiger partial charge on any atom is 0.191 e. The lowest BCUT2D eigenvalue weighted by Gasteiger charge is -2.11. The van der Waals surface area contributed by atoms with Gasteiger partial charge in [-0.2, -0.15) is 0 Å². The van der Waals surface area contributed by atoms with E-state index in [2.05, 4.69) is 36.5 Å². The van der Waals surface area contributed by atoms with Crippen LogP contribution >= 0.6 is 0 Å². The van der Waals surface area contributed by atoms with Gasteiger partial charge in [-0.05, 0) is 26.7 Å². The minimum Gasteiger partial charge on any atom is -0.361 e. The van der Waals surface area contributed by atoms with Crippen LogP contribution in [0.5, 0.6) is 0 Å². The summed E-state index contributed by atoms with van der Waals surface area (Å²) < 4.78 is 7.44. The minimum atomic E-state index is 0.639. The molecule has 3 heterocycles. The largest absolute Gasteiger partial charge is 0.361 e. The van der Waals surface area contributed by atoms with Gasteiger partial charge < -0.3 is 19.7 Å². The zero-order chi connectivity index (χ0) is 16.2. The molecule has 0 fully saturated rings. The fourth-order valence-electron chi connectivity index (χ4n) is 2.88. The lowest BCUT2D eigenvalue weighted by atomic mass is 10.2. The van der Waals surface area contributed by atoms with Gasteiger partial charge in [0.25, 0.3) is 0 Å². The highest BCUT2D eigenvalue weighted by atomic mass is 16.5. The zero-order valence-electron chi connectivity index (χ0n) is 14.0. The van der Waals surface area contributed by atoms with Crippen molar-refractivity contribution >= 4 is 5.96 Å². The molecule has 2 aromatic heterocycles. The summed E-state index contributed by atoms with van der Waals surface area (Å²) in [5.41, 5.74) is 3.04. The maximum atomic E-state index is 5.17. The molecular formula is C16H24N6O. The molecule has 0 atom stereocenters. The standard InChI is InChI=1S/C16H24N6O/c1-11-14(12(2)23-21-11)9-19-16(17-3)18-8-13-10-22-7-5-4-6-15(22)20-13/h10H,4-9H2,1-3H3,(H2,17,18,19). The van der Waals surface area contributed by atoms with Crippen LogP contribution in [0.15, 0.2) is 15.7 Å². The predicted octanol–water partition coefficient (Wildman–Crippen LogP) is 1.69. The molecule has 0 aromatic carbocycles.